The van der Waals surface area contributed by atoms with Crippen molar-refractivity contribution < 1.29 is 4.79 Å². The fourth-order valence-electron chi connectivity index (χ4n) is 2.00. The van der Waals surface area contributed by atoms with Crippen LogP contribution in [0.1, 0.15) is 29.8 Å². The van der Waals surface area contributed by atoms with Crippen LogP contribution in [0, 0.1) is 19.8 Å². The summed E-state index contributed by atoms with van der Waals surface area (Å²) in [4.78, 5) is 17.2. The van der Waals surface area contributed by atoms with Crippen LogP contribution in [0.4, 0.5) is 5.13 Å². The number of aryl methyl sites for hydroxylation is 2. The van der Waals surface area contributed by atoms with Gasteiger partial charge in [0.2, 0.25) is 5.91 Å². The van der Waals surface area contributed by atoms with E-state index in [1.807, 2.05) is 13.8 Å². The number of nitrogens with zero attached hydrogens (tertiary/aromatic N) is 1. The lowest BCUT2D eigenvalue weighted by Crippen LogP contribution is -2.14. The summed E-state index contributed by atoms with van der Waals surface area (Å²) in [5.74, 6) is 0.756. The highest BCUT2D eigenvalue weighted by Gasteiger charge is 2.16. The van der Waals surface area contributed by atoms with E-state index in [4.69, 9.17) is 0 Å². The van der Waals surface area contributed by atoms with Gasteiger partial charge in [0.25, 0.3) is 0 Å². The van der Waals surface area contributed by atoms with Crippen molar-refractivity contribution in [2.24, 2.45) is 5.92 Å². The molecule has 0 radical (unpaired) electrons. The summed E-state index contributed by atoms with van der Waals surface area (Å²) in [6.45, 7) is 6.14. The van der Waals surface area contributed by atoms with Crippen molar-refractivity contribution in [3.8, 4) is 0 Å². The molecule has 94 valence electrons. The Morgan fingerprint density at radius 3 is 3.00 bits per heavy atom. The quantitative estimate of drug-likeness (QED) is 0.864. The molecule has 17 heavy (non-hydrogen) atoms. The zero-order valence-corrected chi connectivity index (χ0v) is 11.2. The van der Waals surface area contributed by atoms with Gasteiger partial charge in [-0.1, -0.05) is 0 Å². The summed E-state index contributed by atoms with van der Waals surface area (Å²) >= 11 is 1.55. The van der Waals surface area contributed by atoms with E-state index in [1.54, 1.807) is 11.3 Å². The van der Waals surface area contributed by atoms with Crippen LogP contribution in [0.2, 0.25) is 0 Å². The Kier molecular flexibility index (Phi) is 4.12. The maximum Gasteiger partial charge on any atom is 0.226 e. The summed E-state index contributed by atoms with van der Waals surface area (Å²) < 4.78 is 0. The van der Waals surface area contributed by atoms with Crippen LogP contribution in [-0.4, -0.2) is 24.0 Å². The zero-order valence-electron chi connectivity index (χ0n) is 10.4. The van der Waals surface area contributed by atoms with Gasteiger partial charge in [-0.3, -0.25) is 4.79 Å². The fourth-order valence-corrected chi connectivity index (χ4v) is 2.83. The second kappa shape index (κ2) is 5.60. The smallest absolute Gasteiger partial charge is 0.226 e. The average molecular weight is 253 g/mol. The molecule has 1 aliphatic rings. The van der Waals surface area contributed by atoms with E-state index < -0.39 is 0 Å². The average Bonchev–Trinajstić information content (AvgIpc) is 2.87. The van der Waals surface area contributed by atoms with Crippen molar-refractivity contribution in [2.45, 2.75) is 33.1 Å². The molecule has 2 N–H and O–H groups in total. The Morgan fingerprint density at radius 1 is 1.59 bits per heavy atom. The van der Waals surface area contributed by atoms with Crippen LogP contribution in [0.25, 0.3) is 0 Å². The number of carbonyl (C=O) groups excluding carboxylic acids is 1. The van der Waals surface area contributed by atoms with Gasteiger partial charge in [0, 0.05) is 11.3 Å². The first-order valence-electron chi connectivity index (χ1n) is 6.09. The van der Waals surface area contributed by atoms with Crippen LogP contribution >= 0.6 is 11.3 Å². The van der Waals surface area contributed by atoms with Gasteiger partial charge >= 0.3 is 0 Å². The van der Waals surface area contributed by atoms with Crippen molar-refractivity contribution >= 4 is 22.4 Å². The van der Waals surface area contributed by atoms with E-state index in [-0.39, 0.29) is 5.91 Å². The highest BCUT2D eigenvalue weighted by atomic mass is 32.1. The topological polar surface area (TPSA) is 54.0 Å². The molecular weight excluding hydrogens is 234 g/mol. The molecule has 1 saturated heterocycles. The van der Waals surface area contributed by atoms with Crippen molar-refractivity contribution in [3.63, 3.8) is 0 Å². The molecule has 4 nitrogen and oxygen atoms in total. The molecule has 2 heterocycles. The number of thiazole rings is 1. The summed E-state index contributed by atoms with van der Waals surface area (Å²) in [6.07, 6.45) is 2.77. The molecule has 5 heteroatoms. The van der Waals surface area contributed by atoms with Crippen LogP contribution in [0.3, 0.4) is 0 Å². The summed E-state index contributed by atoms with van der Waals surface area (Å²) in [6, 6.07) is 0. The first-order valence-corrected chi connectivity index (χ1v) is 6.91. The van der Waals surface area contributed by atoms with E-state index in [0.29, 0.717) is 12.3 Å². The minimum Gasteiger partial charge on any atom is -0.316 e. The lowest BCUT2D eigenvalue weighted by Gasteiger charge is -2.06. The third-order valence-corrected chi connectivity index (χ3v) is 4.21. The van der Waals surface area contributed by atoms with Crippen LogP contribution < -0.4 is 10.6 Å². The molecule has 1 amide bonds. The van der Waals surface area contributed by atoms with Crippen molar-refractivity contribution in [3.05, 3.63) is 10.6 Å². The SMILES string of the molecule is Cc1nc(NC(=O)CCC2CCNC2)sc1C. The third-order valence-electron chi connectivity index (χ3n) is 3.22. The molecular formula is C12H19N3OS. The molecule has 0 aliphatic carbocycles. The Hall–Kier alpha value is -0.940. The van der Waals surface area contributed by atoms with Crippen LogP contribution in [0.5, 0.6) is 0 Å². The van der Waals surface area contributed by atoms with Gasteiger partial charge in [-0.15, -0.1) is 11.3 Å². The molecule has 1 aromatic heterocycles. The number of nitrogens with one attached hydrogen (secondary N) is 2. The molecule has 1 fully saturated rings. The highest BCUT2D eigenvalue weighted by Crippen LogP contribution is 2.21. The number of hydrogen-bond donors (Lipinski definition) is 2. The molecule has 0 bridgehead atoms. The number of amides is 1. The number of carbonyl (C=O) groups is 1. The molecule has 0 aromatic carbocycles. The Balaban J connectivity index is 1.76. The molecule has 1 unspecified atom stereocenters. The van der Waals surface area contributed by atoms with E-state index >= 15 is 0 Å². The maximum absolute atomic E-state index is 11.7. The standard InChI is InChI=1S/C12H19N3OS/c1-8-9(2)17-12(14-8)15-11(16)4-3-10-5-6-13-7-10/h10,13H,3-7H2,1-2H3,(H,14,15,16). The van der Waals surface area contributed by atoms with Gasteiger partial charge in [0.15, 0.2) is 5.13 Å². The Morgan fingerprint density at radius 2 is 2.41 bits per heavy atom. The lowest BCUT2D eigenvalue weighted by atomic mass is 10.0. The van der Waals surface area contributed by atoms with E-state index in [2.05, 4.69) is 15.6 Å². The van der Waals surface area contributed by atoms with E-state index in [0.717, 1.165) is 30.3 Å². The zero-order chi connectivity index (χ0) is 12.3. The lowest BCUT2D eigenvalue weighted by molar-refractivity contribution is -0.116. The van der Waals surface area contributed by atoms with Crippen molar-refractivity contribution in [1.82, 2.24) is 10.3 Å². The predicted octanol–water partition coefficient (Wildman–Crippen LogP) is 2.09. The van der Waals surface area contributed by atoms with Gasteiger partial charge in [0.1, 0.15) is 0 Å². The number of anilines is 1. The van der Waals surface area contributed by atoms with Gasteiger partial charge in [-0.05, 0) is 45.7 Å². The normalized spacial score (nSPS) is 19.5. The number of rotatable bonds is 4. The van der Waals surface area contributed by atoms with Crippen LogP contribution in [0.15, 0.2) is 0 Å². The monoisotopic (exact) mass is 253 g/mol. The van der Waals surface area contributed by atoms with Gasteiger partial charge in [-0.2, -0.15) is 0 Å². The molecule has 1 aromatic rings. The summed E-state index contributed by atoms with van der Waals surface area (Å²) in [5.41, 5.74) is 1.00. The first-order chi connectivity index (χ1) is 8.15. The number of aromatic nitrogens is 1. The third kappa shape index (κ3) is 3.51. The molecule has 1 aliphatic heterocycles. The van der Waals surface area contributed by atoms with Crippen molar-refractivity contribution in [1.29, 1.82) is 0 Å². The van der Waals surface area contributed by atoms with Crippen molar-refractivity contribution in [2.75, 3.05) is 18.4 Å². The summed E-state index contributed by atoms with van der Waals surface area (Å²) in [7, 11) is 0. The summed E-state index contributed by atoms with van der Waals surface area (Å²) in [5, 5.41) is 6.92. The van der Waals surface area contributed by atoms with Gasteiger partial charge in [-0.25, -0.2) is 4.98 Å². The predicted molar refractivity (Wildman–Crippen MR) is 70.4 cm³/mol. The minimum atomic E-state index is 0.0886. The number of hydrogen-bond acceptors (Lipinski definition) is 4. The van der Waals surface area contributed by atoms with Crippen LogP contribution in [-0.2, 0) is 4.79 Å². The molecule has 1 atom stereocenters. The minimum absolute atomic E-state index is 0.0886. The first kappa shape index (κ1) is 12.5. The molecule has 0 spiro atoms. The fraction of sp³-hybridized carbons (Fsp3) is 0.667. The molecule has 0 saturated carbocycles. The van der Waals surface area contributed by atoms with Gasteiger partial charge in [0.05, 0.1) is 5.69 Å². The second-order valence-corrected chi connectivity index (χ2v) is 5.81. The highest BCUT2D eigenvalue weighted by molar-refractivity contribution is 7.15. The van der Waals surface area contributed by atoms with E-state index in [9.17, 15) is 4.79 Å². The largest absolute Gasteiger partial charge is 0.316 e. The second-order valence-electron chi connectivity index (χ2n) is 4.61. The maximum atomic E-state index is 11.7. The Labute approximate surface area is 106 Å². The van der Waals surface area contributed by atoms with Gasteiger partial charge < -0.3 is 10.6 Å². The molecule has 2 rings (SSSR count). The van der Waals surface area contributed by atoms with E-state index in [1.165, 1.54) is 11.3 Å². The Bertz CT molecular complexity index is 377.